The van der Waals surface area contributed by atoms with E-state index in [0.29, 0.717) is 5.41 Å². The van der Waals surface area contributed by atoms with Gasteiger partial charge in [-0.25, -0.2) is 0 Å². The number of hydrogen-bond acceptors (Lipinski definition) is 1. The van der Waals surface area contributed by atoms with E-state index in [1.54, 1.807) is 0 Å². The zero-order valence-corrected chi connectivity index (χ0v) is 8.28. The summed E-state index contributed by atoms with van der Waals surface area (Å²) < 4.78 is 0. The van der Waals surface area contributed by atoms with Crippen molar-refractivity contribution in [2.75, 3.05) is 6.54 Å². The number of rotatable bonds is 3. The molecule has 0 spiro atoms. The van der Waals surface area contributed by atoms with Crippen molar-refractivity contribution in [1.82, 2.24) is 5.32 Å². The van der Waals surface area contributed by atoms with E-state index in [-0.39, 0.29) is 0 Å². The number of hydrogen-bond donors (Lipinski definition) is 1. The SMILES string of the molecule is CC(NCC(C)(C)C)C1CC1. The molecular weight excluding hydrogens is 134 g/mol. The van der Waals surface area contributed by atoms with E-state index in [1.807, 2.05) is 0 Å². The zero-order valence-electron chi connectivity index (χ0n) is 8.28. The molecular formula is C10H21N. The third-order valence-electron chi connectivity index (χ3n) is 2.28. The molecule has 1 N–H and O–H groups in total. The molecule has 0 radical (unpaired) electrons. The van der Waals surface area contributed by atoms with E-state index < -0.39 is 0 Å². The van der Waals surface area contributed by atoms with Gasteiger partial charge in [-0.05, 0) is 31.1 Å². The molecule has 0 amide bonds. The molecule has 1 saturated carbocycles. The first-order valence-corrected chi connectivity index (χ1v) is 4.72. The summed E-state index contributed by atoms with van der Waals surface area (Å²) in [4.78, 5) is 0. The molecule has 0 saturated heterocycles. The fourth-order valence-corrected chi connectivity index (χ4v) is 1.23. The van der Waals surface area contributed by atoms with Crippen molar-refractivity contribution >= 4 is 0 Å². The standard InChI is InChI=1S/C10H21N/c1-8(9-5-6-9)11-7-10(2,3)4/h8-9,11H,5-7H2,1-4H3. The molecule has 1 unspecified atom stereocenters. The van der Waals surface area contributed by atoms with Crippen LogP contribution in [-0.4, -0.2) is 12.6 Å². The van der Waals surface area contributed by atoms with Gasteiger partial charge in [0.1, 0.15) is 0 Å². The molecule has 1 aliphatic rings. The lowest BCUT2D eigenvalue weighted by atomic mass is 9.96. The van der Waals surface area contributed by atoms with Crippen molar-refractivity contribution in [3.8, 4) is 0 Å². The average Bonchev–Trinajstić information content (AvgIpc) is 2.61. The number of nitrogens with one attached hydrogen (secondary N) is 1. The van der Waals surface area contributed by atoms with E-state index in [2.05, 4.69) is 33.0 Å². The predicted molar refractivity (Wildman–Crippen MR) is 49.6 cm³/mol. The molecule has 1 heteroatoms. The van der Waals surface area contributed by atoms with Crippen LogP contribution in [0.5, 0.6) is 0 Å². The maximum atomic E-state index is 3.58. The van der Waals surface area contributed by atoms with Crippen molar-refractivity contribution in [2.24, 2.45) is 11.3 Å². The summed E-state index contributed by atoms with van der Waals surface area (Å²) >= 11 is 0. The first kappa shape index (κ1) is 9.05. The second-order valence-corrected chi connectivity index (χ2v) is 5.07. The van der Waals surface area contributed by atoms with Gasteiger partial charge in [0.2, 0.25) is 0 Å². The van der Waals surface area contributed by atoms with Gasteiger partial charge in [0.15, 0.2) is 0 Å². The lowest BCUT2D eigenvalue weighted by molar-refractivity contribution is 0.345. The zero-order chi connectivity index (χ0) is 8.48. The van der Waals surface area contributed by atoms with E-state index in [9.17, 15) is 0 Å². The van der Waals surface area contributed by atoms with Crippen molar-refractivity contribution in [3.63, 3.8) is 0 Å². The van der Waals surface area contributed by atoms with Gasteiger partial charge in [0.25, 0.3) is 0 Å². The maximum Gasteiger partial charge on any atom is 0.00672 e. The van der Waals surface area contributed by atoms with Crippen LogP contribution in [0.15, 0.2) is 0 Å². The molecule has 1 aliphatic carbocycles. The summed E-state index contributed by atoms with van der Waals surface area (Å²) in [6.45, 7) is 10.3. The van der Waals surface area contributed by atoms with Crippen LogP contribution >= 0.6 is 0 Å². The topological polar surface area (TPSA) is 12.0 Å². The smallest absolute Gasteiger partial charge is 0.00672 e. The van der Waals surface area contributed by atoms with Crippen LogP contribution in [0, 0.1) is 11.3 Å². The Morgan fingerprint density at radius 3 is 2.27 bits per heavy atom. The highest BCUT2D eigenvalue weighted by Crippen LogP contribution is 2.32. The molecule has 0 aromatic rings. The molecule has 0 aromatic carbocycles. The minimum Gasteiger partial charge on any atom is -0.313 e. The van der Waals surface area contributed by atoms with Crippen LogP contribution in [0.3, 0.4) is 0 Å². The highest BCUT2D eigenvalue weighted by atomic mass is 14.9. The molecule has 1 fully saturated rings. The molecule has 0 heterocycles. The third-order valence-corrected chi connectivity index (χ3v) is 2.28. The Bertz CT molecular complexity index is 119. The van der Waals surface area contributed by atoms with Gasteiger partial charge in [-0.15, -0.1) is 0 Å². The van der Waals surface area contributed by atoms with Crippen LogP contribution in [-0.2, 0) is 0 Å². The minimum absolute atomic E-state index is 0.434. The quantitative estimate of drug-likeness (QED) is 0.660. The van der Waals surface area contributed by atoms with Gasteiger partial charge in [0, 0.05) is 12.6 Å². The van der Waals surface area contributed by atoms with Crippen LogP contribution in [0.25, 0.3) is 0 Å². The Balaban J connectivity index is 2.10. The summed E-state index contributed by atoms with van der Waals surface area (Å²) in [6, 6.07) is 0.745. The van der Waals surface area contributed by atoms with Crippen molar-refractivity contribution < 1.29 is 0 Å². The second-order valence-electron chi connectivity index (χ2n) is 5.07. The summed E-state index contributed by atoms with van der Waals surface area (Å²) in [5.41, 5.74) is 0.434. The first-order valence-electron chi connectivity index (χ1n) is 4.72. The van der Waals surface area contributed by atoms with Crippen molar-refractivity contribution in [1.29, 1.82) is 0 Å². The van der Waals surface area contributed by atoms with E-state index >= 15 is 0 Å². The first-order chi connectivity index (χ1) is 4.99. The monoisotopic (exact) mass is 155 g/mol. The molecule has 1 atom stereocenters. The Kier molecular flexibility index (Phi) is 2.58. The molecule has 1 rings (SSSR count). The minimum atomic E-state index is 0.434. The summed E-state index contributed by atoms with van der Waals surface area (Å²) in [7, 11) is 0. The summed E-state index contributed by atoms with van der Waals surface area (Å²) in [6.07, 6.45) is 2.89. The van der Waals surface area contributed by atoms with Crippen LogP contribution in [0.1, 0.15) is 40.5 Å². The lowest BCUT2D eigenvalue weighted by Gasteiger charge is -2.22. The second kappa shape index (κ2) is 3.14. The lowest BCUT2D eigenvalue weighted by Crippen LogP contribution is -2.35. The summed E-state index contributed by atoms with van der Waals surface area (Å²) in [5, 5.41) is 3.58. The largest absolute Gasteiger partial charge is 0.313 e. The molecule has 0 aromatic heterocycles. The molecule has 66 valence electrons. The van der Waals surface area contributed by atoms with Gasteiger partial charge in [-0.1, -0.05) is 20.8 Å². The Morgan fingerprint density at radius 1 is 1.36 bits per heavy atom. The van der Waals surface area contributed by atoms with Gasteiger partial charge >= 0.3 is 0 Å². The normalized spacial score (nSPS) is 21.8. The van der Waals surface area contributed by atoms with Crippen LogP contribution < -0.4 is 5.32 Å². The predicted octanol–water partition coefficient (Wildman–Crippen LogP) is 2.42. The molecule has 1 nitrogen and oxygen atoms in total. The van der Waals surface area contributed by atoms with Crippen molar-refractivity contribution in [3.05, 3.63) is 0 Å². The third kappa shape index (κ3) is 3.76. The fourth-order valence-electron chi connectivity index (χ4n) is 1.23. The van der Waals surface area contributed by atoms with Gasteiger partial charge in [-0.2, -0.15) is 0 Å². The van der Waals surface area contributed by atoms with Gasteiger partial charge in [0.05, 0.1) is 0 Å². The maximum absolute atomic E-state index is 3.58. The summed E-state index contributed by atoms with van der Waals surface area (Å²) in [5.74, 6) is 0.984. The highest BCUT2D eigenvalue weighted by molar-refractivity contribution is 4.84. The van der Waals surface area contributed by atoms with Crippen molar-refractivity contribution in [2.45, 2.75) is 46.6 Å². The van der Waals surface area contributed by atoms with Gasteiger partial charge < -0.3 is 5.32 Å². The Labute approximate surface area is 70.6 Å². The van der Waals surface area contributed by atoms with E-state index in [1.165, 1.54) is 12.8 Å². The van der Waals surface area contributed by atoms with E-state index in [4.69, 9.17) is 0 Å². The molecule has 0 aliphatic heterocycles. The molecule has 0 bridgehead atoms. The average molecular weight is 155 g/mol. The Morgan fingerprint density at radius 2 is 1.91 bits per heavy atom. The van der Waals surface area contributed by atoms with Crippen LogP contribution in [0.2, 0.25) is 0 Å². The fraction of sp³-hybridized carbons (Fsp3) is 1.00. The van der Waals surface area contributed by atoms with Gasteiger partial charge in [-0.3, -0.25) is 0 Å². The van der Waals surface area contributed by atoms with E-state index in [0.717, 1.165) is 18.5 Å². The highest BCUT2D eigenvalue weighted by Gasteiger charge is 2.28. The molecule has 11 heavy (non-hydrogen) atoms. The van der Waals surface area contributed by atoms with Crippen LogP contribution in [0.4, 0.5) is 0 Å². The Hall–Kier alpha value is -0.0400.